The van der Waals surface area contributed by atoms with Gasteiger partial charge < -0.3 is 14.9 Å². The van der Waals surface area contributed by atoms with E-state index in [1.54, 1.807) is 7.11 Å². The molecule has 0 radical (unpaired) electrons. The summed E-state index contributed by atoms with van der Waals surface area (Å²) in [6, 6.07) is 7.77. The van der Waals surface area contributed by atoms with Crippen molar-refractivity contribution in [3.63, 3.8) is 0 Å². The number of fused-ring (bicyclic) bond motifs is 5. The highest BCUT2D eigenvalue weighted by atomic mass is 16.5. The lowest BCUT2D eigenvalue weighted by Gasteiger charge is -2.61. The van der Waals surface area contributed by atoms with Crippen LogP contribution >= 0.6 is 0 Å². The topological polar surface area (TPSA) is 49.7 Å². The number of aliphatic hydroxyl groups excluding tert-OH is 2. The predicted molar refractivity (Wildman–Crippen MR) is 127 cm³/mol. The van der Waals surface area contributed by atoms with E-state index in [9.17, 15) is 10.2 Å². The monoisotopic (exact) mass is 436 g/mol. The van der Waals surface area contributed by atoms with Crippen molar-refractivity contribution in [3.05, 3.63) is 29.8 Å². The summed E-state index contributed by atoms with van der Waals surface area (Å²) in [5.41, 5.74) is 1.54. The number of methoxy groups -OCH3 is 1. The highest BCUT2D eigenvalue weighted by molar-refractivity contribution is 5.39. The van der Waals surface area contributed by atoms with Crippen LogP contribution in [0.3, 0.4) is 0 Å². The van der Waals surface area contributed by atoms with Crippen molar-refractivity contribution in [1.82, 2.24) is 0 Å². The number of rotatable bonds is 2. The number of hydrogen-bond donors (Lipinski definition) is 2. The average molecular weight is 437 g/mol. The molecule has 1 aromatic carbocycles. The lowest BCUT2D eigenvalue weighted by atomic mass is 9.44. The second-order valence-electron chi connectivity index (χ2n) is 11.8. The number of benzene rings is 1. The zero-order valence-corrected chi connectivity index (χ0v) is 20.0. The third kappa shape index (κ3) is 3.59. The molecule has 1 aromatic rings. The van der Waals surface area contributed by atoms with Crippen LogP contribution in [0.5, 0.6) is 5.75 Å². The van der Waals surface area contributed by atoms with E-state index in [1.165, 1.54) is 38.5 Å². The molecule has 9 atom stereocenters. The van der Waals surface area contributed by atoms with Crippen LogP contribution in [0.2, 0.25) is 0 Å². The molecule has 0 bridgehead atoms. The molecule has 0 heterocycles. The fourth-order valence-electron chi connectivity index (χ4n) is 8.73. The predicted octanol–water partition coefficient (Wildman–Crippen LogP) is 5.43. The zero-order valence-electron chi connectivity index (χ0n) is 20.0. The second-order valence-corrected chi connectivity index (χ2v) is 11.8. The lowest BCUT2D eigenvalue weighted by molar-refractivity contribution is -0.130. The van der Waals surface area contributed by atoms with Crippen molar-refractivity contribution in [3.8, 4) is 17.6 Å². The molecule has 5 rings (SSSR count). The van der Waals surface area contributed by atoms with Gasteiger partial charge >= 0.3 is 0 Å². The first-order valence-corrected chi connectivity index (χ1v) is 12.9. The summed E-state index contributed by atoms with van der Waals surface area (Å²) < 4.78 is 5.23. The number of hydrogen-bond acceptors (Lipinski definition) is 3. The zero-order chi connectivity index (χ0) is 22.5. The molecule has 3 nitrogen and oxygen atoms in total. The molecule has 3 heteroatoms. The van der Waals surface area contributed by atoms with E-state index < -0.39 is 6.10 Å². The highest BCUT2D eigenvalue weighted by Crippen LogP contribution is 2.67. The summed E-state index contributed by atoms with van der Waals surface area (Å²) in [7, 11) is 1.67. The molecule has 0 spiro atoms. The number of ether oxygens (including phenoxy) is 1. The van der Waals surface area contributed by atoms with Gasteiger partial charge in [-0.15, -0.1) is 0 Å². The van der Waals surface area contributed by atoms with Crippen molar-refractivity contribution in [2.75, 3.05) is 7.11 Å². The smallest absolute Gasteiger partial charge is 0.118 e. The average Bonchev–Trinajstić information content (AvgIpc) is 3.15. The van der Waals surface area contributed by atoms with Crippen molar-refractivity contribution < 1.29 is 14.9 Å². The molecular formula is C29H40O3. The minimum atomic E-state index is -0.555. The fraction of sp³-hybridized carbons (Fsp3) is 0.724. The van der Waals surface area contributed by atoms with Gasteiger partial charge in [-0.05, 0) is 117 Å². The van der Waals surface area contributed by atoms with Gasteiger partial charge in [-0.2, -0.15) is 0 Å². The van der Waals surface area contributed by atoms with Gasteiger partial charge in [0.25, 0.3) is 0 Å². The van der Waals surface area contributed by atoms with Crippen LogP contribution in [-0.4, -0.2) is 29.5 Å². The Labute approximate surface area is 194 Å². The van der Waals surface area contributed by atoms with E-state index in [2.05, 4.69) is 25.7 Å². The Balaban J connectivity index is 1.32. The Morgan fingerprint density at radius 1 is 0.938 bits per heavy atom. The molecule has 4 fully saturated rings. The molecule has 0 amide bonds. The van der Waals surface area contributed by atoms with Crippen LogP contribution in [0, 0.1) is 52.3 Å². The summed E-state index contributed by atoms with van der Waals surface area (Å²) in [5, 5.41) is 21.4. The summed E-state index contributed by atoms with van der Waals surface area (Å²) in [6.07, 6.45) is 10.0. The van der Waals surface area contributed by atoms with Crippen molar-refractivity contribution in [2.24, 2.45) is 40.4 Å². The molecule has 0 aromatic heterocycles. The molecular weight excluding hydrogens is 396 g/mol. The lowest BCUT2D eigenvalue weighted by Crippen LogP contribution is -2.54. The Hall–Kier alpha value is -1.50. The normalized spacial score (nSPS) is 43.8. The van der Waals surface area contributed by atoms with E-state index in [1.807, 2.05) is 24.3 Å². The quantitative estimate of drug-likeness (QED) is 0.608. The summed E-state index contributed by atoms with van der Waals surface area (Å²) >= 11 is 0. The van der Waals surface area contributed by atoms with Gasteiger partial charge in [0, 0.05) is 11.5 Å². The first-order chi connectivity index (χ1) is 15.3. The molecule has 4 saturated carbocycles. The van der Waals surface area contributed by atoms with Crippen LogP contribution in [0.25, 0.3) is 0 Å². The standard InChI is InChI=1S/C29H40O3/c1-28-16-14-21(30)18-20(28)7-10-23-24-11-12-26(29(24,2)17-15-25(23)28)27(31)13-6-19-4-8-22(32-3)9-5-19/h4-5,8-9,20-21,23-27,30-31H,7,10-12,14-18H2,1-3H3/t20-,21+,23-,24-,25-,26+,27+,28-,29-/m0/s1. The van der Waals surface area contributed by atoms with Crippen molar-refractivity contribution in [1.29, 1.82) is 0 Å². The van der Waals surface area contributed by atoms with Gasteiger partial charge in [0.15, 0.2) is 0 Å². The van der Waals surface area contributed by atoms with Crippen LogP contribution in [0.1, 0.15) is 77.2 Å². The third-order valence-corrected chi connectivity index (χ3v) is 10.5. The fourth-order valence-corrected chi connectivity index (χ4v) is 8.73. The Morgan fingerprint density at radius 3 is 2.41 bits per heavy atom. The summed E-state index contributed by atoms with van der Waals surface area (Å²) in [4.78, 5) is 0. The van der Waals surface area contributed by atoms with Gasteiger partial charge in [0.2, 0.25) is 0 Å². The van der Waals surface area contributed by atoms with Gasteiger partial charge in [-0.3, -0.25) is 0 Å². The molecule has 32 heavy (non-hydrogen) atoms. The maximum absolute atomic E-state index is 11.2. The van der Waals surface area contributed by atoms with Crippen LogP contribution in [0.15, 0.2) is 24.3 Å². The first-order valence-electron chi connectivity index (χ1n) is 12.9. The highest BCUT2D eigenvalue weighted by Gasteiger charge is 2.60. The van der Waals surface area contributed by atoms with E-state index in [-0.39, 0.29) is 17.4 Å². The Kier molecular flexibility index (Phi) is 5.83. The minimum absolute atomic E-state index is 0.0752. The SMILES string of the molecule is COc1ccc(C#C[C@@H](O)[C@H]2CC[C@H]3[C@@H]4CC[C@H]5C[C@H](O)CC[C@]5(C)[C@H]4CC[C@]23C)cc1. The van der Waals surface area contributed by atoms with E-state index in [4.69, 9.17) is 4.74 Å². The largest absolute Gasteiger partial charge is 0.497 e. The van der Waals surface area contributed by atoms with Crippen LogP contribution in [-0.2, 0) is 0 Å². The molecule has 4 aliphatic carbocycles. The second kappa shape index (κ2) is 8.37. The van der Waals surface area contributed by atoms with Gasteiger partial charge in [0.1, 0.15) is 11.9 Å². The van der Waals surface area contributed by atoms with Crippen LogP contribution < -0.4 is 4.74 Å². The summed E-state index contributed by atoms with van der Waals surface area (Å²) in [6.45, 7) is 5.01. The molecule has 0 unspecified atom stereocenters. The molecule has 4 aliphatic rings. The van der Waals surface area contributed by atoms with Crippen molar-refractivity contribution in [2.45, 2.75) is 83.8 Å². The van der Waals surface area contributed by atoms with E-state index in [0.29, 0.717) is 17.3 Å². The van der Waals surface area contributed by atoms with Gasteiger partial charge in [-0.25, -0.2) is 0 Å². The maximum atomic E-state index is 11.2. The third-order valence-electron chi connectivity index (χ3n) is 10.5. The Morgan fingerprint density at radius 2 is 1.66 bits per heavy atom. The Bertz CT molecular complexity index is 882. The molecule has 174 valence electrons. The maximum Gasteiger partial charge on any atom is 0.118 e. The summed E-state index contributed by atoms with van der Waals surface area (Å²) in [5.74, 6) is 10.5. The number of aliphatic hydroxyl groups is 2. The molecule has 0 saturated heterocycles. The minimum Gasteiger partial charge on any atom is -0.497 e. The molecule has 2 N–H and O–H groups in total. The van der Waals surface area contributed by atoms with E-state index in [0.717, 1.165) is 42.4 Å². The molecule has 0 aliphatic heterocycles. The van der Waals surface area contributed by atoms with E-state index >= 15 is 0 Å². The van der Waals surface area contributed by atoms with Gasteiger partial charge in [0.05, 0.1) is 13.2 Å². The van der Waals surface area contributed by atoms with Gasteiger partial charge in [-0.1, -0.05) is 25.7 Å². The first kappa shape index (κ1) is 22.3. The van der Waals surface area contributed by atoms with Crippen LogP contribution in [0.4, 0.5) is 0 Å². The van der Waals surface area contributed by atoms with Crippen molar-refractivity contribution >= 4 is 0 Å².